The fourth-order valence-corrected chi connectivity index (χ4v) is 2.00. The van der Waals surface area contributed by atoms with Gasteiger partial charge in [-0.3, -0.25) is 4.68 Å². The van der Waals surface area contributed by atoms with E-state index in [-0.39, 0.29) is 5.82 Å². The molecule has 0 fully saturated rings. The van der Waals surface area contributed by atoms with Crippen molar-refractivity contribution in [2.24, 2.45) is 7.05 Å². The molecule has 24 heavy (non-hydrogen) atoms. The molecule has 0 bridgehead atoms. The van der Waals surface area contributed by atoms with Crippen LogP contribution in [0.4, 0.5) is 10.1 Å². The number of nitrogens with zero attached hydrogens (tertiary/aromatic N) is 3. The maximum Gasteiger partial charge on any atom is 0.123 e. The molecule has 1 aromatic carbocycles. The first kappa shape index (κ1) is 19.4. The number of nitrogen functional groups attached to an aromatic ring is 1. The average Bonchev–Trinajstić information content (AvgIpc) is 3.06. The standard InChI is InChI=1S/C15H13FN4.2C2H6/c1-20-9-8-14(19-20)15-12(17)6-7-13(18-15)10-2-4-11(16)5-3-10;2*1-2/h2-9H,17H2,1H3;2*1-2H3. The Hall–Kier alpha value is -2.69. The summed E-state index contributed by atoms with van der Waals surface area (Å²) in [6.45, 7) is 8.00. The van der Waals surface area contributed by atoms with E-state index in [4.69, 9.17) is 5.73 Å². The smallest absolute Gasteiger partial charge is 0.123 e. The average molecular weight is 328 g/mol. The van der Waals surface area contributed by atoms with Gasteiger partial charge in [0.15, 0.2) is 0 Å². The Balaban J connectivity index is 0.000000671. The highest BCUT2D eigenvalue weighted by atomic mass is 19.1. The van der Waals surface area contributed by atoms with Crippen molar-refractivity contribution in [3.8, 4) is 22.6 Å². The van der Waals surface area contributed by atoms with E-state index in [1.165, 1.54) is 12.1 Å². The second-order valence-electron chi connectivity index (χ2n) is 4.52. The van der Waals surface area contributed by atoms with Crippen LogP contribution in [0.1, 0.15) is 27.7 Å². The molecule has 2 aromatic heterocycles. The molecule has 0 unspecified atom stereocenters. The van der Waals surface area contributed by atoms with Crippen LogP contribution >= 0.6 is 0 Å². The molecule has 3 aromatic rings. The predicted octanol–water partition coefficient (Wildman–Crippen LogP) is 4.92. The molecule has 0 saturated carbocycles. The lowest BCUT2D eigenvalue weighted by molar-refractivity contribution is 0.628. The van der Waals surface area contributed by atoms with Gasteiger partial charge in [-0.2, -0.15) is 5.10 Å². The van der Waals surface area contributed by atoms with E-state index in [1.54, 1.807) is 22.9 Å². The lowest BCUT2D eigenvalue weighted by atomic mass is 10.1. The molecule has 0 saturated heterocycles. The number of benzene rings is 1. The predicted molar refractivity (Wildman–Crippen MR) is 98.9 cm³/mol. The number of halogens is 1. The van der Waals surface area contributed by atoms with Gasteiger partial charge in [-0.25, -0.2) is 9.37 Å². The van der Waals surface area contributed by atoms with E-state index in [2.05, 4.69) is 10.1 Å². The van der Waals surface area contributed by atoms with Crippen molar-refractivity contribution in [1.29, 1.82) is 0 Å². The maximum absolute atomic E-state index is 13.0. The molecule has 0 aliphatic heterocycles. The van der Waals surface area contributed by atoms with Gasteiger partial charge in [-0.05, 0) is 42.5 Å². The number of hydrogen-bond acceptors (Lipinski definition) is 3. The summed E-state index contributed by atoms with van der Waals surface area (Å²) in [6, 6.07) is 11.7. The summed E-state index contributed by atoms with van der Waals surface area (Å²) in [5, 5.41) is 4.30. The highest BCUT2D eigenvalue weighted by Gasteiger charge is 2.10. The number of nitrogens with two attached hydrogens (primary N) is 1. The molecule has 5 heteroatoms. The SMILES string of the molecule is CC.CC.Cn1ccc(-c2nc(-c3ccc(F)cc3)ccc2N)n1. The number of aryl methyl sites for hydroxylation is 1. The second-order valence-corrected chi connectivity index (χ2v) is 4.52. The molecule has 3 rings (SSSR count). The van der Waals surface area contributed by atoms with Crippen molar-refractivity contribution in [1.82, 2.24) is 14.8 Å². The van der Waals surface area contributed by atoms with Crippen molar-refractivity contribution in [2.45, 2.75) is 27.7 Å². The maximum atomic E-state index is 13.0. The van der Waals surface area contributed by atoms with Crippen LogP contribution in [-0.4, -0.2) is 14.8 Å². The van der Waals surface area contributed by atoms with Crippen LogP contribution in [-0.2, 0) is 7.05 Å². The van der Waals surface area contributed by atoms with Crippen LogP contribution < -0.4 is 5.73 Å². The third kappa shape index (κ3) is 4.65. The van der Waals surface area contributed by atoms with Crippen LogP contribution in [0, 0.1) is 5.82 Å². The minimum absolute atomic E-state index is 0.269. The first-order valence-corrected chi connectivity index (χ1v) is 8.16. The fraction of sp³-hybridized carbons (Fsp3) is 0.263. The topological polar surface area (TPSA) is 56.7 Å². The van der Waals surface area contributed by atoms with Gasteiger partial charge in [0, 0.05) is 18.8 Å². The molecule has 128 valence electrons. The zero-order valence-electron chi connectivity index (χ0n) is 14.9. The Morgan fingerprint density at radius 3 is 2.04 bits per heavy atom. The zero-order valence-corrected chi connectivity index (χ0v) is 14.9. The van der Waals surface area contributed by atoms with Crippen molar-refractivity contribution in [3.63, 3.8) is 0 Å². The second kappa shape index (κ2) is 9.45. The Bertz CT molecular complexity index is 748. The van der Waals surface area contributed by atoms with Crippen LogP contribution in [0.2, 0.25) is 0 Å². The number of anilines is 1. The van der Waals surface area contributed by atoms with Gasteiger partial charge in [0.25, 0.3) is 0 Å². The van der Waals surface area contributed by atoms with Crippen LogP contribution in [0.3, 0.4) is 0 Å². The molecule has 0 radical (unpaired) electrons. The third-order valence-corrected chi connectivity index (χ3v) is 3.02. The summed E-state index contributed by atoms with van der Waals surface area (Å²) in [6.07, 6.45) is 1.83. The van der Waals surface area contributed by atoms with E-state index in [9.17, 15) is 4.39 Å². The molecule has 0 spiro atoms. The minimum atomic E-state index is -0.269. The van der Waals surface area contributed by atoms with Crippen LogP contribution in [0.15, 0.2) is 48.7 Å². The lowest BCUT2D eigenvalue weighted by Crippen LogP contribution is -1.97. The Morgan fingerprint density at radius 2 is 1.50 bits per heavy atom. The zero-order chi connectivity index (χ0) is 18.1. The fourth-order valence-electron chi connectivity index (χ4n) is 2.00. The quantitative estimate of drug-likeness (QED) is 0.726. The number of aromatic nitrogens is 3. The molecular formula is C19H25FN4. The first-order valence-electron chi connectivity index (χ1n) is 8.16. The summed E-state index contributed by atoms with van der Waals surface area (Å²) in [5.74, 6) is -0.269. The van der Waals surface area contributed by atoms with Gasteiger partial charge in [0.1, 0.15) is 17.2 Å². The van der Waals surface area contributed by atoms with E-state index in [0.29, 0.717) is 17.1 Å². The molecule has 2 N–H and O–H groups in total. The lowest BCUT2D eigenvalue weighted by Gasteiger charge is -2.06. The Morgan fingerprint density at radius 1 is 0.875 bits per heavy atom. The van der Waals surface area contributed by atoms with E-state index in [1.807, 2.05) is 53.1 Å². The highest BCUT2D eigenvalue weighted by molar-refractivity contribution is 5.73. The number of pyridine rings is 1. The van der Waals surface area contributed by atoms with Gasteiger partial charge in [0.2, 0.25) is 0 Å². The molecule has 0 aliphatic carbocycles. The molecular weight excluding hydrogens is 303 g/mol. The molecule has 0 atom stereocenters. The summed E-state index contributed by atoms with van der Waals surface area (Å²) < 4.78 is 14.7. The first-order chi connectivity index (χ1) is 11.6. The van der Waals surface area contributed by atoms with Crippen LogP contribution in [0.25, 0.3) is 22.6 Å². The van der Waals surface area contributed by atoms with Crippen molar-refractivity contribution < 1.29 is 4.39 Å². The van der Waals surface area contributed by atoms with E-state index >= 15 is 0 Å². The highest BCUT2D eigenvalue weighted by Crippen LogP contribution is 2.26. The van der Waals surface area contributed by atoms with Crippen molar-refractivity contribution in [2.75, 3.05) is 5.73 Å². The molecule has 4 nitrogen and oxygen atoms in total. The van der Waals surface area contributed by atoms with Gasteiger partial charge in [-0.15, -0.1) is 0 Å². The monoisotopic (exact) mass is 328 g/mol. The van der Waals surface area contributed by atoms with Crippen molar-refractivity contribution >= 4 is 5.69 Å². The van der Waals surface area contributed by atoms with Gasteiger partial charge < -0.3 is 5.73 Å². The largest absolute Gasteiger partial charge is 0.397 e. The number of rotatable bonds is 2. The normalized spacial score (nSPS) is 9.42. The Labute approximate surface area is 143 Å². The van der Waals surface area contributed by atoms with Crippen LogP contribution in [0.5, 0.6) is 0 Å². The Kier molecular flexibility index (Phi) is 7.62. The van der Waals surface area contributed by atoms with E-state index < -0.39 is 0 Å². The van der Waals surface area contributed by atoms with E-state index in [0.717, 1.165) is 11.3 Å². The van der Waals surface area contributed by atoms with Gasteiger partial charge >= 0.3 is 0 Å². The summed E-state index contributed by atoms with van der Waals surface area (Å²) in [5.41, 5.74) is 9.45. The summed E-state index contributed by atoms with van der Waals surface area (Å²) in [4.78, 5) is 4.53. The third-order valence-electron chi connectivity index (χ3n) is 3.02. The van der Waals surface area contributed by atoms with Gasteiger partial charge in [0.05, 0.1) is 11.4 Å². The van der Waals surface area contributed by atoms with Crippen molar-refractivity contribution in [3.05, 3.63) is 54.5 Å². The van der Waals surface area contributed by atoms with Gasteiger partial charge in [-0.1, -0.05) is 27.7 Å². The summed E-state index contributed by atoms with van der Waals surface area (Å²) >= 11 is 0. The molecule has 0 aliphatic rings. The molecule has 0 amide bonds. The summed E-state index contributed by atoms with van der Waals surface area (Å²) in [7, 11) is 1.84. The molecule has 2 heterocycles. The minimum Gasteiger partial charge on any atom is -0.397 e. The number of hydrogen-bond donors (Lipinski definition) is 1.